The van der Waals surface area contributed by atoms with Crippen molar-refractivity contribution < 1.29 is 19.4 Å². The van der Waals surface area contributed by atoms with Crippen LogP contribution in [0.1, 0.15) is 44.9 Å². The molecule has 2 N–H and O–H groups in total. The highest BCUT2D eigenvalue weighted by atomic mass is 16.6. The van der Waals surface area contributed by atoms with Crippen LogP contribution in [0.3, 0.4) is 0 Å². The second-order valence-electron chi connectivity index (χ2n) is 5.81. The van der Waals surface area contributed by atoms with E-state index in [1.807, 2.05) is 6.08 Å². The van der Waals surface area contributed by atoms with Crippen molar-refractivity contribution in [3.8, 4) is 0 Å². The van der Waals surface area contributed by atoms with E-state index in [9.17, 15) is 14.7 Å². The highest BCUT2D eigenvalue weighted by Gasteiger charge is 2.41. The van der Waals surface area contributed by atoms with Gasteiger partial charge in [0.15, 0.2) is 0 Å². The molecule has 0 aromatic heterocycles. The van der Waals surface area contributed by atoms with Crippen molar-refractivity contribution in [2.24, 2.45) is 11.8 Å². The minimum absolute atomic E-state index is 0.0378. The summed E-state index contributed by atoms with van der Waals surface area (Å²) >= 11 is 0. The lowest BCUT2D eigenvalue weighted by molar-refractivity contribution is -0.140. The fourth-order valence-electron chi connectivity index (χ4n) is 2.97. The third-order valence-electron chi connectivity index (χ3n) is 4.27. The molecule has 2 fully saturated rings. The number of carboxylic acid groups (broad SMARTS) is 1. The molecule has 0 spiro atoms. The molecule has 2 aliphatic carbocycles. The minimum Gasteiger partial charge on any atom is -0.480 e. The van der Waals surface area contributed by atoms with Crippen LogP contribution < -0.4 is 5.32 Å². The lowest BCUT2D eigenvalue weighted by Crippen LogP contribution is -2.45. The number of aliphatic carboxylic acids is 1. The largest absolute Gasteiger partial charge is 0.480 e. The zero-order valence-electron chi connectivity index (χ0n) is 11.7. The Morgan fingerprint density at radius 2 is 2.10 bits per heavy atom. The van der Waals surface area contributed by atoms with Gasteiger partial charge in [0, 0.05) is 0 Å². The number of ether oxygens (including phenoxy) is 1. The summed E-state index contributed by atoms with van der Waals surface area (Å²) in [6.45, 7) is 3.66. The third kappa shape index (κ3) is 3.99. The van der Waals surface area contributed by atoms with E-state index in [1.165, 1.54) is 0 Å². The first-order valence-electron chi connectivity index (χ1n) is 7.42. The normalized spacial score (nSPS) is 26.8. The van der Waals surface area contributed by atoms with Gasteiger partial charge in [0.2, 0.25) is 0 Å². The number of carboxylic acids is 1. The summed E-state index contributed by atoms with van der Waals surface area (Å²) in [5.74, 6) is -0.517. The van der Waals surface area contributed by atoms with Crippen LogP contribution >= 0.6 is 0 Å². The molecule has 0 aromatic rings. The van der Waals surface area contributed by atoms with Crippen molar-refractivity contribution in [1.82, 2.24) is 5.32 Å². The number of carbonyl (C=O) groups is 2. The van der Waals surface area contributed by atoms with E-state index in [4.69, 9.17) is 4.74 Å². The molecular weight excluding hydrogens is 258 g/mol. The average Bonchev–Trinajstić information content (AvgIpc) is 2.90. The molecule has 112 valence electrons. The standard InChI is InChI=1S/C15H23NO4/c1-2-3-6-11-9-12(11)20-15(19)16-13(14(17)18)10-7-4-5-8-10/h2,10-13H,1,3-9H2,(H,16,19)(H,17,18). The monoisotopic (exact) mass is 281 g/mol. The molecule has 2 aliphatic rings. The number of hydrogen-bond donors (Lipinski definition) is 2. The topological polar surface area (TPSA) is 75.6 Å². The second-order valence-corrected chi connectivity index (χ2v) is 5.81. The fraction of sp³-hybridized carbons (Fsp3) is 0.733. The second kappa shape index (κ2) is 6.77. The number of nitrogens with one attached hydrogen (secondary N) is 1. The van der Waals surface area contributed by atoms with Gasteiger partial charge in [-0.2, -0.15) is 0 Å². The molecule has 1 amide bonds. The summed E-state index contributed by atoms with van der Waals surface area (Å²) in [5.41, 5.74) is 0. The maximum absolute atomic E-state index is 11.8. The van der Waals surface area contributed by atoms with E-state index in [1.54, 1.807) is 0 Å². The van der Waals surface area contributed by atoms with E-state index >= 15 is 0 Å². The molecule has 2 saturated carbocycles. The summed E-state index contributed by atoms with van der Waals surface area (Å²) < 4.78 is 5.26. The highest BCUT2D eigenvalue weighted by molar-refractivity contribution is 5.80. The highest BCUT2D eigenvalue weighted by Crippen LogP contribution is 2.38. The van der Waals surface area contributed by atoms with Gasteiger partial charge in [0.1, 0.15) is 12.1 Å². The van der Waals surface area contributed by atoms with Gasteiger partial charge in [-0.3, -0.25) is 0 Å². The van der Waals surface area contributed by atoms with Crippen LogP contribution in [0, 0.1) is 11.8 Å². The maximum atomic E-state index is 11.8. The van der Waals surface area contributed by atoms with E-state index in [2.05, 4.69) is 11.9 Å². The number of allylic oxidation sites excluding steroid dienone is 1. The first kappa shape index (κ1) is 14.9. The molecule has 20 heavy (non-hydrogen) atoms. The molecule has 0 bridgehead atoms. The molecule has 5 nitrogen and oxygen atoms in total. The smallest absolute Gasteiger partial charge is 0.408 e. The Kier molecular flexibility index (Phi) is 5.04. The van der Waals surface area contributed by atoms with Crippen LogP contribution in [0.15, 0.2) is 12.7 Å². The molecule has 0 radical (unpaired) electrons. The summed E-state index contributed by atoms with van der Waals surface area (Å²) in [5, 5.41) is 11.7. The summed E-state index contributed by atoms with van der Waals surface area (Å²) in [6.07, 6.45) is 7.81. The lowest BCUT2D eigenvalue weighted by atomic mass is 9.98. The Hall–Kier alpha value is -1.52. The molecule has 0 aliphatic heterocycles. The number of carbonyl (C=O) groups excluding carboxylic acids is 1. The number of amides is 1. The lowest BCUT2D eigenvalue weighted by Gasteiger charge is -2.20. The van der Waals surface area contributed by atoms with Crippen molar-refractivity contribution in [3.63, 3.8) is 0 Å². The maximum Gasteiger partial charge on any atom is 0.408 e. The van der Waals surface area contributed by atoms with Crippen molar-refractivity contribution in [2.45, 2.75) is 57.1 Å². The summed E-state index contributed by atoms with van der Waals surface area (Å²) in [6, 6.07) is -0.810. The molecule has 3 atom stereocenters. The van der Waals surface area contributed by atoms with Gasteiger partial charge in [-0.25, -0.2) is 9.59 Å². The predicted octanol–water partition coefficient (Wildman–Crippen LogP) is 2.71. The molecule has 5 heteroatoms. The Labute approximate surface area is 119 Å². The molecule has 0 aromatic carbocycles. The summed E-state index contributed by atoms with van der Waals surface area (Å²) in [7, 11) is 0. The van der Waals surface area contributed by atoms with E-state index < -0.39 is 18.1 Å². The van der Waals surface area contributed by atoms with Crippen molar-refractivity contribution in [1.29, 1.82) is 0 Å². The number of rotatable bonds is 7. The van der Waals surface area contributed by atoms with Crippen molar-refractivity contribution in [2.75, 3.05) is 0 Å². The van der Waals surface area contributed by atoms with Crippen LogP contribution in [0.25, 0.3) is 0 Å². The average molecular weight is 281 g/mol. The molecule has 2 rings (SSSR count). The van der Waals surface area contributed by atoms with Crippen molar-refractivity contribution >= 4 is 12.1 Å². The van der Waals surface area contributed by atoms with Gasteiger partial charge in [-0.15, -0.1) is 6.58 Å². The zero-order valence-corrected chi connectivity index (χ0v) is 11.7. The number of hydrogen-bond acceptors (Lipinski definition) is 3. The first-order chi connectivity index (χ1) is 9.61. The molecular formula is C15H23NO4. The van der Waals surface area contributed by atoms with Gasteiger partial charge < -0.3 is 15.2 Å². The van der Waals surface area contributed by atoms with Crippen molar-refractivity contribution in [3.05, 3.63) is 12.7 Å². The van der Waals surface area contributed by atoms with Crippen LogP contribution in [0.2, 0.25) is 0 Å². The Bertz CT molecular complexity index is 376. The van der Waals surface area contributed by atoms with Gasteiger partial charge in [0.05, 0.1) is 0 Å². The predicted molar refractivity (Wildman–Crippen MR) is 74.3 cm³/mol. The Morgan fingerprint density at radius 1 is 1.40 bits per heavy atom. The van der Waals surface area contributed by atoms with Crippen LogP contribution in [0.5, 0.6) is 0 Å². The van der Waals surface area contributed by atoms with E-state index in [0.29, 0.717) is 5.92 Å². The van der Waals surface area contributed by atoms with Gasteiger partial charge >= 0.3 is 12.1 Å². The first-order valence-corrected chi connectivity index (χ1v) is 7.42. The summed E-state index contributed by atoms with van der Waals surface area (Å²) in [4.78, 5) is 23.0. The SMILES string of the molecule is C=CCCC1CC1OC(=O)NC(C(=O)O)C1CCCC1. The van der Waals surface area contributed by atoms with Gasteiger partial charge in [0.25, 0.3) is 0 Å². The minimum atomic E-state index is -0.965. The molecule has 3 unspecified atom stereocenters. The Balaban J connectivity index is 1.75. The third-order valence-corrected chi connectivity index (χ3v) is 4.27. The van der Waals surface area contributed by atoms with E-state index in [0.717, 1.165) is 44.9 Å². The van der Waals surface area contributed by atoms with Crippen LogP contribution in [0.4, 0.5) is 4.79 Å². The number of alkyl carbamates (subject to hydrolysis) is 1. The zero-order chi connectivity index (χ0) is 14.5. The fourth-order valence-corrected chi connectivity index (χ4v) is 2.97. The quantitative estimate of drug-likeness (QED) is 0.703. The van der Waals surface area contributed by atoms with Gasteiger partial charge in [-0.1, -0.05) is 18.9 Å². The van der Waals surface area contributed by atoms with Crippen LogP contribution in [-0.2, 0) is 9.53 Å². The molecule has 0 saturated heterocycles. The molecule has 0 heterocycles. The van der Waals surface area contributed by atoms with E-state index in [-0.39, 0.29) is 12.0 Å². The van der Waals surface area contributed by atoms with Gasteiger partial charge in [-0.05, 0) is 43.9 Å². The Morgan fingerprint density at radius 3 is 2.70 bits per heavy atom. The van der Waals surface area contributed by atoms with Crippen LogP contribution in [-0.4, -0.2) is 29.3 Å².